The molecule has 17 heavy (non-hydrogen) atoms. The SMILES string of the molecule is CN(C)C=Nc1cc(=O)n(-c2ccccc2)[nH]1. The van der Waals surface area contributed by atoms with Crippen molar-refractivity contribution in [2.24, 2.45) is 4.99 Å². The van der Waals surface area contributed by atoms with E-state index in [-0.39, 0.29) is 5.56 Å². The maximum atomic E-state index is 11.7. The van der Waals surface area contributed by atoms with Gasteiger partial charge in [-0.05, 0) is 12.1 Å². The van der Waals surface area contributed by atoms with Crippen molar-refractivity contribution in [1.82, 2.24) is 14.7 Å². The smallest absolute Gasteiger partial charge is 0.273 e. The highest BCUT2D eigenvalue weighted by atomic mass is 16.1. The first kappa shape index (κ1) is 11.2. The molecule has 0 atom stereocenters. The Hall–Kier alpha value is -2.30. The predicted octanol–water partition coefficient (Wildman–Crippen LogP) is 1.39. The molecule has 0 spiro atoms. The number of aromatic nitrogens is 2. The van der Waals surface area contributed by atoms with Crippen LogP contribution in [0.1, 0.15) is 0 Å². The van der Waals surface area contributed by atoms with Crippen LogP contribution in [-0.4, -0.2) is 35.1 Å². The van der Waals surface area contributed by atoms with E-state index < -0.39 is 0 Å². The fourth-order valence-electron chi connectivity index (χ4n) is 1.40. The van der Waals surface area contributed by atoms with Gasteiger partial charge < -0.3 is 4.90 Å². The van der Waals surface area contributed by atoms with Crippen LogP contribution < -0.4 is 5.56 Å². The zero-order chi connectivity index (χ0) is 12.3. The summed E-state index contributed by atoms with van der Waals surface area (Å²) >= 11 is 0. The number of nitrogens with one attached hydrogen (secondary N) is 1. The third-order valence-corrected chi connectivity index (χ3v) is 2.15. The summed E-state index contributed by atoms with van der Waals surface area (Å²) in [5.41, 5.74) is 0.672. The van der Waals surface area contributed by atoms with Crippen LogP contribution in [0.3, 0.4) is 0 Å². The number of hydrogen-bond acceptors (Lipinski definition) is 2. The average Bonchev–Trinajstić information content (AvgIpc) is 2.69. The lowest BCUT2D eigenvalue weighted by atomic mass is 10.3. The quantitative estimate of drug-likeness (QED) is 0.640. The van der Waals surface area contributed by atoms with Crippen molar-refractivity contribution < 1.29 is 0 Å². The molecule has 5 heteroatoms. The van der Waals surface area contributed by atoms with Crippen molar-refractivity contribution in [3.8, 4) is 5.69 Å². The summed E-state index contributed by atoms with van der Waals surface area (Å²) < 4.78 is 1.46. The van der Waals surface area contributed by atoms with Gasteiger partial charge in [0.2, 0.25) is 0 Å². The Morgan fingerprint density at radius 2 is 2.00 bits per heavy atom. The number of aromatic amines is 1. The number of H-pyrrole nitrogens is 1. The molecule has 1 N–H and O–H groups in total. The van der Waals surface area contributed by atoms with Gasteiger partial charge in [0.15, 0.2) is 5.82 Å². The van der Waals surface area contributed by atoms with Crippen molar-refractivity contribution in [2.75, 3.05) is 14.1 Å². The van der Waals surface area contributed by atoms with Crippen LogP contribution in [0.5, 0.6) is 0 Å². The van der Waals surface area contributed by atoms with Crippen LogP contribution in [0.2, 0.25) is 0 Å². The molecule has 0 aliphatic carbocycles. The summed E-state index contributed by atoms with van der Waals surface area (Å²) in [6.45, 7) is 0. The molecule has 0 bridgehead atoms. The lowest BCUT2D eigenvalue weighted by Crippen LogP contribution is -2.12. The molecule has 88 valence electrons. The molecule has 2 rings (SSSR count). The summed E-state index contributed by atoms with van der Waals surface area (Å²) in [4.78, 5) is 17.7. The zero-order valence-electron chi connectivity index (χ0n) is 9.79. The van der Waals surface area contributed by atoms with Gasteiger partial charge >= 0.3 is 0 Å². The van der Waals surface area contributed by atoms with Gasteiger partial charge in [0.25, 0.3) is 5.56 Å². The van der Waals surface area contributed by atoms with Gasteiger partial charge in [-0.1, -0.05) is 18.2 Å². The second kappa shape index (κ2) is 4.69. The fourth-order valence-corrected chi connectivity index (χ4v) is 1.40. The lowest BCUT2D eigenvalue weighted by molar-refractivity contribution is 0.642. The molecule has 1 aromatic carbocycles. The van der Waals surface area contributed by atoms with E-state index in [2.05, 4.69) is 10.1 Å². The highest BCUT2D eigenvalue weighted by Crippen LogP contribution is 2.07. The number of hydrogen-bond donors (Lipinski definition) is 1. The lowest BCUT2D eigenvalue weighted by Gasteiger charge is -2.01. The van der Waals surface area contributed by atoms with Gasteiger partial charge in [-0.3, -0.25) is 9.89 Å². The van der Waals surface area contributed by atoms with E-state index >= 15 is 0 Å². The van der Waals surface area contributed by atoms with Crippen molar-refractivity contribution >= 4 is 12.2 Å². The number of nitrogens with zero attached hydrogens (tertiary/aromatic N) is 3. The number of aliphatic imine (C=N–C) groups is 1. The monoisotopic (exact) mass is 230 g/mol. The van der Waals surface area contributed by atoms with Crippen LogP contribution in [0, 0.1) is 0 Å². The topological polar surface area (TPSA) is 53.4 Å². The van der Waals surface area contributed by atoms with Gasteiger partial charge in [-0.15, -0.1) is 0 Å². The summed E-state index contributed by atoms with van der Waals surface area (Å²) in [6, 6.07) is 10.8. The van der Waals surface area contributed by atoms with E-state index in [1.807, 2.05) is 44.4 Å². The molecule has 5 nitrogen and oxygen atoms in total. The minimum atomic E-state index is -0.123. The van der Waals surface area contributed by atoms with E-state index in [0.717, 1.165) is 5.69 Å². The summed E-state index contributed by atoms with van der Waals surface area (Å²) in [5, 5.41) is 2.93. The third-order valence-electron chi connectivity index (χ3n) is 2.15. The largest absolute Gasteiger partial charge is 0.369 e. The molecule has 0 saturated heterocycles. The second-order valence-electron chi connectivity index (χ2n) is 3.86. The first-order valence-corrected chi connectivity index (χ1v) is 5.25. The molecule has 0 amide bonds. The summed E-state index contributed by atoms with van der Waals surface area (Å²) in [7, 11) is 3.74. The minimum absolute atomic E-state index is 0.123. The molecular formula is C12H14N4O. The highest BCUT2D eigenvalue weighted by molar-refractivity contribution is 5.58. The Bertz CT molecular complexity index is 566. The predicted molar refractivity (Wildman–Crippen MR) is 68.2 cm³/mol. The van der Waals surface area contributed by atoms with Crippen molar-refractivity contribution in [2.45, 2.75) is 0 Å². The Morgan fingerprint density at radius 3 is 2.65 bits per heavy atom. The molecule has 0 unspecified atom stereocenters. The molecule has 0 saturated carbocycles. The Labute approximate surface area is 99.0 Å². The maximum absolute atomic E-state index is 11.7. The molecule has 0 aliphatic rings. The first-order chi connectivity index (χ1) is 8.16. The molecule has 1 heterocycles. The molecular weight excluding hydrogens is 216 g/mol. The molecule has 0 aliphatic heterocycles. The standard InChI is InChI=1S/C12H14N4O/c1-15(2)9-13-11-8-12(17)16(14-11)10-6-4-3-5-7-10/h3-9,14H,1-2H3. The molecule has 0 fully saturated rings. The van der Waals surface area contributed by atoms with E-state index in [4.69, 9.17) is 0 Å². The first-order valence-electron chi connectivity index (χ1n) is 5.25. The van der Waals surface area contributed by atoms with Crippen molar-refractivity contribution in [1.29, 1.82) is 0 Å². The number of para-hydroxylation sites is 1. The summed E-state index contributed by atoms with van der Waals surface area (Å²) in [6.07, 6.45) is 1.64. The van der Waals surface area contributed by atoms with E-state index in [1.165, 1.54) is 10.7 Å². The molecule has 0 radical (unpaired) electrons. The summed E-state index contributed by atoms with van der Waals surface area (Å²) in [5.74, 6) is 0.535. The Kier molecular flexibility index (Phi) is 3.09. The second-order valence-corrected chi connectivity index (χ2v) is 3.86. The van der Waals surface area contributed by atoms with Crippen molar-refractivity contribution in [3.05, 3.63) is 46.8 Å². The fraction of sp³-hybridized carbons (Fsp3) is 0.167. The van der Waals surface area contributed by atoms with E-state index in [0.29, 0.717) is 5.82 Å². The number of benzene rings is 1. The Morgan fingerprint density at radius 1 is 1.29 bits per heavy atom. The number of rotatable bonds is 3. The van der Waals surface area contributed by atoms with Crippen LogP contribution in [0.25, 0.3) is 5.69 Å². The van der Waals surface area contributed by atoms with Crippen LogP contribution in [0.15, 0.2) is 46.2 Å². The maximum Gasteiger partial charge on any atom is 0.273 e. The van der Waals surface area contributed by atoms with Gasteiger partial charge in [0.1, 0.15) is 0 Å². The van der Waals surface area contributed by atoms with Gasteiger partial charge in [0.05, 0.1) is 12.0 Å². The molecule has 1 aromatic heterocycles. The minimum Gasteiger partial charge on any atom is -0.369 e. The van der Waals surface area contributed by atoms with Crippen LogP contribution in [0.4, 0.5) is 5.82 Å². The van der Waals surface area contributed by atoms with Gasteiger partial charge in [-0.25, -0.2) is 9.67 Å². The van der Waals surface area contributed by atoms with E-state index in [1.54, 1.807) is 11.2 Å². The van der Waals surface area contributed by atoms with Gasteiger partial charge in [-0.2, -0.15) is 0 Å². The normalized spacial score (nSPS) is 10.9. The Balaban J connectivity index is 2.35. The van der Waals surface area contributed by atoms with Crippen LogP contribution >= 0.6 is 0 Å². The van der Waals surface area contributed by atoms with Crippen LogP contribution in [-0.2, 0) is 0 Å². The average molecular weight is 230 g/mol. The van der Waals surface area contributed by atoms with Gasteiger partial charge in [0, 0.05) is 20.2 Å². The molecule has 2 aromatic rings. The highest BCUT2D eigenvalue weighted by Gasteiger charge is 2.02. The van der Waals surface area contributed by atoms with E-state index in [9.17, 15) is 4.79 Å². The zero-order valence-corrected chi connectivity index (χ0v) is 9.79. The van der Waals surface area contributed by atoms with Crippen molar-refractivity contribution in [3.63, 3.8) is 0 Å². The third kappa shape index (κ3) is 2.63.